The average Bonchev–Trinajstić information content (AvgIpc) is 2.84. The van der Waals surface area contributed by atoms with Crippen LogP contribution in [0.4, 0.5) is 5.69 Å². The normalized spacial score (nSPS) is 17.9. The molecule has 1 aliphatic carbocycles. The van der Waals surface area contributed by atoms with Gasteiger partial charge in [0, 0.05) is 12.1 Å². The first kappa shape index (κ1) is 20.8. The highest BCUT2D eigenvalue weighted by Crippen LogP contribution is 2.32. The highest BCUT2D eigenvalue weighted by molar-refractivity contribution is 7.92. The molecule has 0 saturated carbocycles. The van der Waals surface area contributed by atoms with Gasteiger partial charge in [-0.2, -0.15) is 0 Å². The van der Waals surface area contributed by atoms with Crippen molar-refractivity contribution in [2.75, 3.05) is 10.8 Å². The molecular weight excluding hydrogens is 420 g/mol. The molecule has 1 amide bonds. The van der Waals surface area contributed by atoms with Crippen molar-refractivity contribution in [2.24, 2.45) is 0 Å². The first-order valence-corrected chi connectivity index (χ1v) is 12.6. The minimum Gasteiger partial charge on any atom is -0.345 e. The number of rotatable bonds is 4. The molecule has 0 saturated heterocycles. The molecule has 1 aliphatic heterocycles. The van der Waals surface area contributed by atoms with Crippen LogP contribution < -0.4 is 9.62 Å². The van der Waals surface area contributed by atoms with Gasteiger partial charge < -0.3 is 5.32 Å². The van der Waals surface area contributed by atoms with E-state index in [4.69, 9.17) is 0 Å². The summed E-state index contributed by atoms with van der Waals surface area (Å²) in [6, 6.07) is 22.1. The zero-order chi connectivity index (χ0) is 22.1. The lowest BCUT2D eigenvalue weighted by Gasteiger charge is -2.30. The Bertz CT molecular complexity index is 1270. The Morgan fingerprint density at radius 3 is 2.50 bits per heavy atom. The quantitative estimate of drug-likeness (QED) is 0.635. The third-order valence-corrected chi connectivity index (χ3v) is 8.24. The maximum atomic E-state index is 13.5. The Kier molecular flexibility index (Phi) is 5.47. The summed E-state index contributed by atoms with van der Waals surface area (Å²) in [7, 11) is -3.76. The predicted molar refractivity (Wildman–Crippen MR) is 125 cm³/mol. The molecule has 32 heavy (non-hydrogen) atoms. The largest absolute Gasteiger partial charge is 0.345 e. The van der Waals surface area contributed by atoms with Gasteiger partial charge >= 0.3 is 0 Å². The maximum Gasteiger partial charge on any atom is 0.264 e. The molecule has 0 fully saturated rings. The highest BCUT2D eigenvalue weighted by atomic mass is 32.2. The van der Waals surface area contributed by atoms with Crippen molar-refractivity contribution in [2.45, 2.75) is 43.0 Å². The predicted octanol–water partition coefficient (Wildman–Crippen LogP) is 4.64. The van der Waals surface area contributed by atoms with Gasteiger partial charge in [0.15, 0.2) is 0 Å². The van der Waals surface area contributed by atoms with Crippen molar-refractivity contribution in [1.29, 1.82) is 0 Å². The number of amides is 1. The molecule has 5 rings (SSSR count). The molecule has 0 spiro atoms. The lowest BCUT2D eigenvalue weighted by Crippen LogP contribution is -2.35. The summed E-state index contributed by atoms with van der Waals surface area (Å²) in [6.07, 6.45) is 4.56. The summed E-state index contributed by atoms with van der Waals surface area (Å²) >= 11 is 0. The standard InChI is InChI=1S/C26H26N2O3S/c29-26(27-24-15-6-10-19-8-1-3-14-23(19)24)21-11-5-13-22(18-21)32(30,31)28-17-7-12-20-9-2-4-16-25(20)28/h1-5,8-9,11,13-14,16,18,24H,6-7,10,12,15,17H2,(H,27,29)/t24-/m1/s1. The van der Waals surface area contributed by atoms with Gasteiger partial charge in [0.2, 0.25) is 0 Å². The van der Waals surface area contributed by atoms with Gasteiger partial charge in [0.05, 0.1) is 16.6 Å². The molecule has 3 aromatic carbocycles. The van der Waals surface area contributed by atoms with Crippen molar-refractivity contribution >= 4 is 21.6 Å². The Labute approximate surface area is 189 Å². The number of nitrogens with one attached hydrogen (secondary N) is 1. The molecule has 0 bridgehead atoms. The van der Waals surface area contributed by atoms with E-state index in [-0.39, 0.29) is 16.8 Å². The molecule has 0 unspecified atom stereocenters. The molecule has 0 radical (unpaired) electrons. The molecule has 2 aliphatic rings. The van der Waals surface area contributed by atoms with E-state index in [1.807, 2.05) is 36.4 Å². The zero-order valence-electron chi connectivity index (χ0n) is 17.8. The minimum absolute atomic E-state index is 0.0540. The van der Waals surface area contributed by atoms with Crippen LogP contribution in [-0.4, -0.2) is 20.9 Å². The smallest absolute Gasteiger partial charge is 0.264 e. The Balaban J connectivity index is 1.41. The van der Waals surface area contributed by atoms with Crippen LogP contribution in [0.15, 0.2) is 77.7 Å². The third-order valence-electron chi connectivity index (χ3n) is 6.43. The first-order chi connectivity index (χ1) is 15.5. The van der Waals surface area contributed by atoms with Crippen molar-refractivity contribution in [3.05, 3.63) is 95.1 Å². The summed E-state index contributed by atoms with van der Waals surface area (Å²) in [5.41, 5.74) is 4.55. The summed E-state index contributed by atoms with van der Waals surface area (Å²) in [4.78, 5) is 13.2. The second-order valence-corrected chi connectivity index (χ2v) is 10.3. The number of hydrogen-bond acceptors (Lipinski definition) is 3. The summed E-state index contributed by atoms with van der Waals surface area (Å²) in [5, 5.41) is 3.12. The molecule has 0 aromatic heterocycles. The van der Waals surface area contributed by atoms with Gasteiger partial charge in [-0.05, 0) is 73.1 Å². The highest BCUT2D eigenvalue weighted by Gasteiger charge is 2.29. The third kappa shape index (κ3) is 3.79. The van der Waals surface area contributed by atoms with Gasteiger partial charge in [-0.1, -0.05) is 48.5 Å². The van der Waals surface area contributed by atoms with E-state index in [0.717, 1.165) is 48.9 Å². The summed E-state index contributed by atoms with van der Waals surface area (Å²) < 4.78 is 28.4. The average molecular weight is 447 g/mol. The van der Waals surface area contributed by atoms with E-state index in [0.29, 0.717) is 12.1 Å². The first-order valence-electron chi connectivity index (χ1n) is 11.1. The topological polar surface area (TPSA) is 66.5 Å². The number of carbonyl (C=O) groups is 1. The fourth-order valence-corrected chi connectivity index (χ4v) is 6.41. The fourth-order valence-electron chi connectivity index (χ4n) is 4.82. The van der Waals surface area contributed by atoms with Crippen molar-refractivity contribution in [3.63, 3.8) is 0 Å². The Hall–Kier alpha value is -3.12. The molecule has 1 atom stereocenters. The van der Waals surface area contributed by atoms with Gasteiger partial charge in [-0.15, -0.1) is 0 Å². The van der Waals surface area contributed by atoms with Crippen LogP contribution in [0.3, 0.4) is 0 Å². The minimum atomic E-state index is -3.76. The lowest BCUT2D eigenvalue weighted by molar-refractivity contribution is 0.0932. The molecule has 3 aromatic rings. The van der Waals surface area contributed by atoms with E-state index in [9.17, 15) is 13.2 Å². The summed E-state index contributed by atoms with van der Waals surface area (Å²) in [6.45, 7) is 0.439. The monoisotopic (exact) mass is 446 g/mol. The van der Waals surface area contributed by atoms with Gasteiger partial charge in [0.1, 0.15) is 0 Å². The van der Waals surface area contributed by atoms with Gasteiger partial charge in [-0.25, -0.2) is 8.42 Å². The van der Waals surface area contributed by atoms with Crippen LogP contribution >= 0.6 is 0 Å². The zero-order valence-corrected chi connectivity index (χ0v) is 18.6. The number of hydrogen-bond donors (Lipinski definition) is 1. The second kappa shape index (κ2) is 8.43. The molecular formula is C26H26N2O3S. The fraction of sp³-hybridized carbons (Fsp3) is 0.269. The molecule has 1 heterocycles. The Morgan fingerprint density at radius 2 is 1.62 bits per heavy atom. The number of carbonyl (C=O) groups excluding carboxylic acids is 1. The van der Waals surface area contributed by atoms with E-state index in [2.05, 4.69) is 17.4 Å². The van der Waals surface area contributed by atoms with Crippen molar-refractivity contribution in [3.8, 4) is 0 Å². The summed E-state index contributed by atoms with van der Waals surface area (Å²) in [5.74, 6) is -0.247. The number of sulfonamides is 1. The van der Waals surface area contributed by atoms with E-state index in [1.165, 1.54) is 15.9 Å². The SMILES string of the molecule is O=C(N[C@@H]1CCCc2ccccc21)c1cccc(S(=O)(=O)N2CCCc3ccccc32)c1. The van der Waals surface area contributed by atoms with Crippen molar-refractivity contribution < 1.29 is 13.2 Å². The second-order valence-electron chi connectivity index (χ2n) is 8.45. The molecule has 5 nitrogen and oxygen atoms in total. The van der Waals surface area contributed by atoms with Crippen LogP contribution in [0, 0.1) is 0 Å². The van der Waals surface area contributed by atoms with Crippen LogP contribution in [0.5, 0.6) is 0 Å². The molecule has 6 heteroatoms. The number of aryl methyl sites for hydroxylation is 2. The molecule has 164 valence electrons. The van der Waals surface area contributed by atoms with Crippen LogP contribution in [0.2, 0.25) is 0 Å². The Morgan fingerprint density at radius 1 is 0.875 bits per heavy atom. The maximum absolute atomic E-state index is 13.5. The number of benzene rings is 3. The van der Waals surface area contributed by atoms with Crippen LogP contribution in [0.25, 0.3) is 0 Å². The lowest BCUT2D eigenvalue weighted by atomic mass is 9.87. The van der Waals surface area contributed by atoms with Crippen LogP contribution in [-0.2, 0) is 22.9 Å². The van der Waals surface area contributed by atoms with Gasteiger partial charge in [0.25, 0.3) is 15.9 Å². The number of para-hydroxylation sites is 1. The van der Waals surface area contributed by atoms with Gasteiger partial charge in [-0.3, -0.25) is 9.10 Å². The number of nitrogens with zero attached hydrogens (tertiary/aromatic N) is 1. The van der Waals surface area contributed by atoms with E-state index in [1.54, 1.807) is 18.2 Å². The number of fused-ring (bicyclic) bond motifs is 2. The van der Waals surface area contributed by atoms with Crippen LogP contribution in [0.1, 0.15) is 52.4 Å². The van der Waals surface area contributed by atoms with Crippen molar-refractivity contribution in [1.82, 2.24) is 5.32 Å². The van der Waals surface area contributed by atoms with E-state index < -0.39 is 10.0 Å². The number of anilines is 1. The molecule has 1 N–H and O–H groups in total. The van der Waals surface area contributed by atoms with E-state index >= 15 is 0 Å².